The summed E-state index contributed by atoms with van der Waals surface area (Å²) in [7, 11) is 0. The molecule has 1 aromatic carbocycles. The van der Waals surface area contributed by atoms with Crippen molar-refractivity contribution in [1.29, 1.82) is 0 Å². The summed E-state index contributed by atoms with van der Waals surface area (Å²) in [5, 5.41) is 19.2. The first-order valence-corrected chi connectivity index (χ1v) is 3.36. The van der Waals surface area contributed by atoms with Crippen molar-refractivity contribution in [1.82, 2.24) is 0 Å². The SMILES string of the molecule is NC(C(=O)[O-])c1ccc(O)cc1. The van der Waals surface area contributed by atoms with Gasteiger partial charge in [0, 0.05) is 0 Å². The number of hydrogen-bond donors (Lipinski definition) is 2. The lowest BCUT2D eigenvalue weighted by molar-refractivity contribution is -0.307. The number of phenols is 1. The molecule has 4 nitrogen and oxygen atoms in total. The quantitative estimate of drug-likeness (QED) is 0.598. The Labute approximate surface area is 69.3 Å². The van der Waals surface area contributed by atoms with Crippen LogP contribution in [-0.4, -0.2) is 11.1 Å². The van der Waals surface area contributed by atoms with Gasteiger partial charge < -0.3 is 20.7 Å². The lowest BCUT2D eigenvalue weighted by Gasteiger charge is -2.12. The molecular formula is C8H8NO3-. The molecule has 0 bridgehead atoms. The van der Waals surface area contributed by atoms with Crippen LogP contribution >= 0.6 is 0 Å². The van der Waals surface area contributed by atoms with Crippen LogP contribution in [0, 0.1) is 0 Å². The van der Waals surface area contributed by atoms with E-state index in [-0.39, 0.29) is 5.75 Å². The molecule has 64 valence electrons. The van der Waals surface area contributed by atoms with E-state index in [2.05, 4.69) is 0 Å². The first-order chi connectivity index (χ1) is 5.61. The molecule has 0 amide bonds. The Balaban J connectivity index is 2.89. The van der Waals surface area contributed by atoms with E-state index in [1.807, 2.05) is 0 Å². The van der Waals surface area contributed by atoms with Gasteiger partial charge in [0.15, 0.2) is 0 Å². The minimum Gasteiger partial charge on any atom is -0.548 e. The maximum absolute atomic E-state index is 10.3. The average molecular weight is 166 g/mol. The lowest BCUT2D eigenvalue weighted by Crippen LogP contribution is -2.34. The summed E-state index contributed by atoms with van der Waals surface area (Å²) < 4.78 is 0. The zero-order valence-corrected chi connectivity index (χ0v) is 6.23. The largest absolute Gasteiger partial charge is 0.548 e. The second kappa shape index (κ2) is 3.23. The first-order valence-electron chi connectivity index (χ1n) is 3.36. The molecule has 0 heterocycles. The van der Waals surface area contributed by atoms with Crippen molar-refractivity contribution >= 4 is 5.97 Å². The van der Waals surface area contributed by atoms with Gasteiger partial charge in [-0.3, -0.25) is 0 Å². The van der Waals surface area contributed by atoms with Crippen LogP contribution in [0.2, 0.25) is 0 Å². The van der Waals surface area contributed by atoms with Crippen molar-refractivity contribution < 1.29 is 15.0 Å². The maximum atomic E-state index is 10.3. The van der Waals surface area contributed by atoms with E-state index in [0.717, 1.165) is 0 Å². The van der Waals surface area contributed by atoms with Crippen molar-refractivity contribution in [3.05, 3.63) is 29.8 Å². The van der Waals surface area contributed by atoms with Gasteiger partial charge in [0.05, 0.1) is 12.0 Å². The van der Waals surface area contributed by atoms with Crippen molar-refractivity contribution in [2.24, 2.45) is 5.73 Å². The fourth-order valence-electron chi connectivity index (χ4n) is 0.818. The third-order valence-electron chi connectivity index (χ3n) is 1.51. The number of carboxylic acids is 1. The number of nitrogens with two attached hydrogens (primary N) is 1. The van der Waals surface area contributed by atoms with E-state index in [1.165, 1.54) is 24.3 Å². The second-order valence-electron chi connectivity index (χ2n) is 2.39. The first kappa shape index (κ1) is 8.55. The summed E-state index contributed by atoms with van der Waals surface area (Å²) in [6.45, 7) is 0. The van der Waals surface area contributed by atoms with Crippen LogP contribution in [0.3, 0.4) is 0 Å². The molecule has 0 saturated heterocycles. The van der Waals surface area contributed by atoms with Gasteiger partial charge in [-0.05, 0) is 17.7 Å². The van der Waals surface area contributed by atoms with Gasteiger partial charge in [-0.15, -0.1) is 0 Å². The number of aliphatic carboxylic acids is 1. The summed E-state index contributed by atoms with van der Waals surface area (Å²) in [6, 6.07) is 4.49. The van der Waals surface area contributed by atoms with Crippen molar-refractivity contribution in [3.8, 4) is 5.75 Å². The highest BCUT2D eigenvalue weighted by atomic mass is 16.4. The topological polar surface area (TPSA) is 86.4 Å². The van der Waals surface area contributed by atoms with Gasteiger partial charge in [0.25, 0.3) is 0 Å². The van der Waals surface area contributed by atoms with Crippen LogP contribution in [0.15, 0.2) is 24.3 Å². The molecule has 12 heavy (non-hydrogen) atoms. The molecule has 0 aliphatic rings. The van der Waals surface area contributed by atoms with Gasteiger partial charge in [0.1, 0.15) is 5.75 Å². The summed E-state index contributed by atoms with van der Waals surface area (Å²) in [5.41, 5.74) is 5.65. The normalized spacial score (nSPS) is 12.4. The molecule has 1 unspecified atom stereocenters. The third-order valence-corrected chi connectivity index (χ3v) is 1.51. The summed E-state index contributed by atoms with van der Waals surface area (Å²) in [6.07, 6.45) is 0. The lowest BCUT2D eigenvalue weighted by atomic mass is 10.1. The third kappa shape index (κ3) is 1.73. The molecule has 0 radical (unpaired) electrons. The molecule has 3 N–H and O–H groups in total. The maximum Gasteiger partial charge on any atom is 0.115 e. The number of aromatic hydroxyl groups is 1. The highest BCUT2D eigenvalue weighted by Gasteiger charge is 2.05. The van der Waals surface area contributed by atoms with Crippen molar-refractivity contribution in [2.75, 3.05) is 0 Å². The zero-order chi connectivity index (χ0) is 9.14. The molecule has 0 spiro atoms. The average Bonchev–Trinajstić information content (AvgIpc) is 2.04. The molecule has 0 fully saturated rings. The highest BCUT2D eigenvalue weighted by molar-refractivity contribution is 5.73. The van der Waals surface area contributed by atoms with E-state index < -0.39 is 12.0 Å². The Morgan fingerprint density at radius 2 is 1.92 bits per heavy atom. The predicted octanol–water partition coefficient (Wildman–Crippen LogP) is -0.858. The van der Waals surface area contributed by atoms with E-state index in [4.69, 9.17) is 10.8 Å². The number of rotatable bonds is 2. The minimum absolute atomic E-state index is 0.0734. The minimum atomic E-state index is -1.33. The van der Waals surface area contributed by atoms with Gasteiger partial charge in [0.2, 0.25) is 0 Å². The van der Waals surface area contributed by atoms with Gasteiger partial charge in [-0.1, -0.05) is 12.1 Å². The summed E-state index contributed by atoms with van der Waals surface area (Å²) in [4.78, 5) is 10.3. The van der Waals surface area contributed by atoms with E-state index in [0.29, 0.717) is 5.56 Å². The fourth-order valence-corrected chi connectivity index (χ4v) is 0.818. The summed E-state index contributed by atoms with van der Waals surface area (Å²) >= 11 is 0. The standard InChI is InChI=1S/C8H9NO3/c9-7(8(11)12)5-1-3-6(10)4-2-5/h1-4,7,10H,9H2,(H,11,12)/p-1. The number of carboxylic acid groups (broad SMARTS) is 1. The van der Waals surface area contributed by atoms with Gasteiger partial charge in [-0.2, -0.15) is 0 Å². The van der Waals surface area contributed by atoms with Crippen LogP contribution < -0.4 is 10.8 Å². The van der Waals surface area contributed by atoms with Crippen LogP contribution in [0.1, 0.15) is 11.6 Å². The number of hydrogen-bond acceptors (Lipinski definition) is 4. The zero-order valence-electron chi connectivity index (χ0n) is 6.23. The van der Waals surface area contributed by atoms with Crippen LogP contribution in [0.5, 0.6) is 5.75 Å². The number of benzene rings is 1. The van der Waals surface area contributed by atoms with Crippen molar-refractivity contribution in [2.45, 2.75) is 6.04 Å². The predicted molar refractivity (Wildman–Crippen MR) is 40.0 cm³/mol. The number of phenolic OH excluding ortho intramolecular Hbond substituents is 1. The van der Waals surface area contributed by atoms with E-state index in [1.54, 1.807) is 0 Å². The van der Waals surface area contributed by atoms with Gasteiger partial charge in [-0.25, -0.2) is 0 Å². The fraction of sp³-hybridized carbons (Fsp3) is 0.125. The van der Waals surface area contributed by atoms with Gasteiger partial charge >= 0.3 is 0 Å². The number of carbonyl (C=O) groups excluding carboxylic acids is 1. The monoisotopic (exact) mass is 166 g/mol. The van der Waals surface area contributed by atoms with E-state index >= 15 is 0 Å². The molecule has 0 aliphatic heterocycles. The molecule has 1 atom stereocenters. The Morgan fingerprint density at radius 1 is 1.42 bits per heavy atom. The van der Waals surface area contributed by atoms with Crippen LogP contribution in [0.4, 0.5) is 0 Å². The second-order valence-corrected chi connectivity index (χ2v) is 2.39. The summed E-state index contributed by atoms with van der Waals surface area (Å²) in [5.74, 6) is -1.26. The molecule has 0 saturated carbocycles. The Bertz CT molecular complexity index is 281. The Kier molecular flexibility index (Phi) is 2.30. The molecule has 4 heteroatoms. The molecule has 0 aliphatic carbocycles. The molecular weight excluding hydrogens is 158 g/mol. The smallest absolute Gasteiger partial charge is 0.115 e. The van der Waals surface area contributed by atoms with E-state index in [9.17, 15) is 9.90 Å². The number of carbonyl (C=O) groups is 1. The Hall–Kier alpha value is -1.55. The molecule has 1 aromatic rings. The van der Waals surface area contributed by atoms with Crippen molar-refractivity contribution in [3.63, 3.8) is 0 Å². The van der Waals surface area contributed by atoms with Crippen LogP contribution in [0.25, 0.3) is 0 Å². The molecule has 0 aromatic heterocycles. The molecule has 1 rings (SSSR count). The Morgan fingerprint density at radius 3 is 2.33 bits per heavy atom. The van der Waals surface area contributed by atoms with Crippen LogP contribution in [-0.2, 0) is 4.79 Å². The highest BCUT2D eigenvalue weighted by Crippen LogP contribution is 2.14.